The molecule has 0 atom stereocenters. The van der Waals surface area contributed by atoms with E-state index < -0.39 is 12.9 Å². The molecule has 0 aliphatic heterocycles. The third-order valence-electron chi connectivity index (χ3n) is 6.12. The van der Waals surface area contributed by atoms with Crippen LogP contribution >= 0.6 is 34.8 Å². The minimum atomic E-state index is -1.73. The largest absolute Gasteiger partial charge is 0.491 e. The van der Waals surface area contributed by atoms with Gasteiger partial charge in [-0.05, 0) is 56.3 Å². The lowest BCUT2D eigenvalue weighted by atomic mass is 9.79. The number of aromatic nitrogens is 2. The topological polar surface area (TPSA) is 66.2 Å². The van der Waals surface area contributed by atoms with Crippen LogP contribution in [0.25, 0.3) is 33.1 Å². The zero-order chi connectivity index (χ0) is 30.4. The van der Waals surface area contributed by atoms with E-state index in [4.69, 9.17) is 44.9 Å². The van der Waals surface area contributed by atoms with E-state index in [-0.39, 0.29) is 11.3 Å². The number of halogens is 5. The predicted molar refractivity (Wildman–Crippen MR) is 170 cm³/mol. The van der Waals surface area contributed by atoms with Gasteiger partial charge in [0, 0.05) is 21.8 Å². The smallest absolute Gasteiger partial charge is 0.423 e. The standard InChI is InChI=1S/C16H11ClFN.C9H5Cl2N.C7H8BFO2/c1-10-6-7-14(18)12(8-10)16-13(17)9-11-4-2-3-5-15(11)19-16;10-7-5-6-3-1-2-4-8(6)12-9(7)11;1-5-2-3-7(9)6(4-5)8(10)11/h2-9H,1H3;1-5H;2-4,10-11H,1H3. The molecule has 0 fully saturated rings. The molecule has 0 saturated heterocycles. The molecule has 0 bridgehead atoms. The normalized spacial score (nSPS) is 10.5. The van der Waals surface area contributed by atoms with Gasteiger partial charge in [0.25, 0.3) is 0 Å². The second kappa shape index (κ2) is 14.1. The van der Waals surface area contributed by atoms with Crippen molar-refractivity contribution in [2.75, 3.05) is 0 Å². The van der Waals surface area contributed by atoms with Crippen molar-refractivity contribution >= 4 is 69.2 Å². The lowest BCUT2D eigenvalue weighted by Gasteiger charge is -2.08. The van der Waals surface area contributed by atoms with E-state index in [1.165, 1.54) is 18.2 Å². The zero-order valence-corrected chi connectivity index (χ0v) is 24.8. The van der Waals surface area contributed by atoms with E-state index in [0.29, 0.717) is 26.5 Å². The predicted octanol–water partition coefficient (Wildman–Crippen LogP) is 8.36. The highest BCUT2D eigenvalue weighted by Gasteiger charge is 2.15. The number of fused-ring (bicyclic) bond motifs is 2. The number of pyridine rings is 2. The summed E-state index contributed by atoms with van der Waals surface area (Å²) in [5.74, 6) is -0.902. The zero-order valence-electron chi connectivity index (χ0n) is 22.5. The summed E-state index contributed by atoms with van der Waals surface area (Å²) >= 11 is 17.8. The van der Waals surface area contributed by atoms with Crippen molar-refractivity contribution in [1.82, 2.24) is 9.97 Å². The summed E-state index contributed by atoms with van der Waals surface area (Å²) < 4.78 is 26.6. The molecule has 2 N–H and O–H groups in total. The number of nitrogens with zero attached hydrogens (tertiary/aromatic N) is 2. The molecular formula is C32H24BCl3F2N2O2. The minimum absolute atomic E-state index is 0.0787. The first-order valence-corrected chi connectivity index (χ1v) is 13.8. The van der Waals surface area contributed by atoms with Gasteiger partial charge in [-0.3, -0.25) is 0 Å². The highest BCUT2D eigenvalue weighted by molar-refractivity contribution is 6.58. The Kier molecular flexibility index (Phi) is 10.5. The van der Waals surface area contributed by atoms with Gasteiger partial charge in [-0.1, -0.05) is 101 Å². The molecule has 0 spiro atoms. The Morgan fingerprint density at radius 3 is 1.74 bits per heavy atom. The van der Waals surface area contributed by atoms with E-state index in [1.807, 2.05) is 67.6 Å². The highest BCUT2D eigenvalue weighted by Crippen LogP contribution is 2.31. The van der Waals surface area contributed by atoms with Crippen LogP contribution < -0.4 is 5.46 Å². The Balaban J connectivity index is 0.000000153. The molecule has 0 amide bonds. The first-order chi connectivity index (χ1) is 20.0. The maximum absolute atomic E-state index is 13.9. The van der Waals surface area contributed by atoms with Gasteiger partial charge in [0.1, 0.15) is 16.8 Å². The van der Waals surface area contributed by atoms with Gasteiger partial charge >= 0.3 is 7.12 Å². The fourth-order valence-corrected chi connectivity index (χ4v) is 4.59. The Morgan fingerprint density at radius 2 is 1.14 bits per heavy atom. The number of hydrogen-bond acceptors (Lipinski definition) is 4. The Bertz CT molecular complexity index is 1830. The van der Waals surface area contributed by atoms with Crippen LogP contribution in [0.1, 0.15) is 11.1 Å². The van der Waals surface area contributed by atoms with Crippen LogP contribution in [0.5, 0.6) is 0 Å². The van der Waals surface area contributed by atoms with Crippen LogP contribution in [0.2, 0.25) is 15.2 Å². The molecule has 0 saturated carbocycles. The van der Waals surface area contributed by atoms with E-state index >= 15 is 0 Å². The van der Waals surface area contributed by atoms with Gasteiger partial charge < -0.3 is 10.0 Å². The molecule has 2 aromatic heterocycles. The number of para-hydroxylation sites is 2. The van der Waals surface area contributed by atoms with E-state index in [0.717, 1.165) is 32.9 Å². The van der Waals surface area contributed by atoms with Crippen molar-refractivity contribution in [2.24, 2.45) is 0 Å². The minimum Gasteiger partial charge on any atom is -0.423 e. The molecule has 42 heavy (non-hydrogen) atoms. The second-order valence-electron chi connectivity index (χ2n) is 9.35. The van der Waals surface area contributed by atoms with E-state index in [9.17, 15) is 8.78 Å². The van der Waals surface area contributed by atoms with Crippen molar-refractivity contribution < 1.29 is 18.8 Å². The fraction of sp³-hybridized carbons (Fsp3) is 0.0625. The molecule has 4 aromatic carbocycles. The Hall–Kier alpha value is -3.59. The molecule has 0 unspecified atom stereocenters. The Morgan fingerprint density at radius 1 is 0.619 bits per heavy atom. The van der Waals surface area contributed by atoms with Crippen molar-refractivity contribution in [1.29, 1.82) is 0 Å². The molecule has 2 heterocycles. The lowest BCUT2D eigenvalue weighted by molar-refractivity contribution is 0.423. The third-order valence-corrected chi connectivity index (χ3v) is 7.08. The summed E-state index contributed by atoms with van der Waals surface area (Å²) in [7, 11) is -1.73. The van der Waals surface area contributed by atoms with Crippen LogP contribution in [-0.4, -0.2) is 27.1 Å². The monoisotopic (exact) mass is 622 g/mol. The average Bonchev–Trinajstić information content (AvgIpc) is 2.96. The molecule has 0 aliphatic rings. The quantitative estimate of drug-likeness (QED) is 0.150. The molecule has 0 radical (unpaired) electrons. The van der Waals surface area contributed by atoms with Crippen LogP contribution in [0.15, 0.2) is 97.1 Å². The molecule has 10 heteroatoms. The van der Waals surface area contributed by atoms with E-state index in [1.54, 1.807) is 25.1 Å². The summed E-state index contributed by atoms with van der Waals surface area (Å²) in [6, 6.07) is 28.1. The summed E-state index contributed by atoms with van der Waals surface area (Å²) in [6.07, 6.45) is 0. The van der Waals surface area contributed by atoms with Crippen molar-refractivity contribution in [3.05, 3.63) is 135 Å². The van der Waals surface area contributed by atoms with E-state index in [2.05, 4.69) is 9.97 Å². The molecular weight excluding hydrogens is 600 g/mol. The Labute approximate surface area is 257 Å². The third kappa shape index (κ3) is 7.82. The molecule has 212 valence electrons. The first-order valence-electron chi connectivity index (χ1n) is 12.7. The van der Waals surface area contributed by atoms with Gasteiger partial charge in [-0.2, -0.15) is 0 Å². The second-order valence-corrected chi connectivity index (χ2v) is 10.5. The number of benzene rings is 4. The van der Waals surface area contributed by atoms with Gasteiger partial charge in [0.15, 0.2) is 0 Å². The average molecular weight is 624 g/mol. The number of hydrogen-bond donors (Lipinski definition) is 2. The number of rotatable bonds is 2. The van der Waals surface area contributed by atoms with Crippen molar-refractivity contribution in [3.8, 4) is 11.3 Å². The van der Waals surface area contributed by atoms with Crippen LogP contribution in [-0.2, 0) is 0 Å². The van der Waals surface area contributed by atoms with Gasteiger partial charge in [0.2, 0.25) is 0 Å². The summed E-state index contributed by atoms with van der Waals surface area (Å²) in [4.78, 5) is 8.58. The van der Waals surface area contributed by atoms with Crippen molar-refractivity contribution in [2.45, 2.75) is 13.8 Å². The summed E-state index contributed by atoms with van der Waals surface area (Å²) in [6.45, 7) is 3.67. The molecule has 6 rings (SSSR count). The first kappa shape index (κ1) is 31.4. The number of aryl methyl sites for hydroxylation is 2. The van der Waals surface area contributed by atoms with Gasteiger partial charge in [0.05, 0.1) is 26.8 Å². The summed E-state index contributed by atoms with van der Waals surface area (Å²) in [5, 5.41) is 20.6. The fourth-order valence-electron chi connectivity index (χ4n) is 4.03. The molecule has 6 aromatic rings. The highest BCUT2D eigenvalue weighted by atomic mass is 35.5. The van der Waals surface area contributed by atoms with Crippen LogP contribution in [0, 0.1) is 25.5 Å². The van der Waals surface area contributed by atoms with Crippen molar-refractivity contribution in [3.63, 3.8) is 0 Å². The molecule has 4 nitrogen and oxygen atoms in total. The summed E-state index contributed by atoms with van der Waals surface area (Å²) in [5.41, 5.74) is 4.30. The SMILES string of the molecule is Cc1ccc(F)c(-c2nc3ccccc3cc2Cl)c1.Cc1ccc(F)c(B(O)O)c1.Clc1cc2ccccc2nc1Cl. The van der Waals surface area contributed by atoms with Gasteiger partial charge in [-0.15, -0.1) is 0 Å². The maximum atomic E-state index is 13.9. The molecule has 0 aliphatic carbocycles. The maximum Gasteiger partial charge on any atom is 0.491 e. The van der Waals surface area contributed by atoms with Gasteiger partial charge in [-0.25, -0.2) is 18.7 Å². The van der Waals surface area contributed by atoms with Crippen LogP contribution in [0.3, 0.4) is 0 Å². The lowest BCUT2D eigenvalue weighted by Crippen LogP contribution is -2.32. The van der Waals surface area contributed by atoms with Crippen LogP contribution in [0.4, 0.5) is 8.78 Å².